The Morgan fingerprint density at radius 3 is 2.36 bits per heavy atom. The number of hydrogen-bond acceptors (Lipinski definition) is 4. The lowest BCUT2D eigenvalue weighted by Crippen LogP contribution is -2.51. The van der Waals surface area contributed by atoms with Gasteiger partial charge in [0.2, 0.25) is 11.6 Å². The summed E-state index contributed by atoms with van der Waals surface area (Å²) in [7, 11) is 0. The standard InChI is InChI=1S/C14H13F4N3O/c1-2-11(22)13(15,16)14(17,18)12-20-7-10(21-12)8-3-5-9(19)6-4-8/h3-6H,2,7,19H2,1H3. The van der Waals surface area contributed by atoms with Crippen molar-refractivity contribution in [2.75, 3.05) is 12.3 Å². The fraction of sp³-hybridized carbons (Fsp3) is 0.357. The number of nitrogens with two attached hydrogens (primary N) is 1. The number of ketones is 1. The molecule has 0 atom stereocenters. The molecule has 8 heteroatoms. The van der Waals surface area contributed by atoms with E-state index in [0.717, 1.165) is 6.92 Å². The van der Waals surface area contributed by atoms with Crippen LogP contribution in [-0.4, -0.2) is 35.7 Å². The molecular weight excluding hydrogens is 302 g/mol. The predicted molar refractivity (Wildman–Crippen MR) is 74.9 cm³/mol. The van der Waals surface area contributed by atoms with Crippen LogP contribution in [0.15, 0.2) is 34.3 Å². The van der Waals surface area contributed by atoms with Gasteiger partial charge in [-0.05, 0) is 17.7 Å². The van der Waals surface area contributed by atoms with Crippen molar-refractivity contribution in [3.63, 3.8) is 0 Å². The molecule has 0 amide bonds. The van der Waals surface area contributed by atoms with Crippen LogP contribution in [0.4, 0.5) is 23.2 Å². The number of halogens is 4. The topological polar surface area (TPSA) is 67.8 Å². The van der Waals surface area contributed by atoms with Gasteiger partial charge in [0.1, 0.15) is 0 Å². The van der Waals surface area contributed by atoms with Gasteiger partial charge >= 0.3 is 11.8 Å². The van der Waals surface area contributed by atoms with E-state index in [9.17, 15) is 22.4 Å². The molecule has 118 valence electrons. The number of carbonyl (C=O) groups excluding carboxylic acids is 1. The first-order valence-corrected chi connectivity index (χ1v) is 6.47. The average Bonchev–Trinajstić information content (AvgIpc) is 2.97. The lowest BCUT2D eigenvalue weighted by molar-refractivity contribution is -0.182. The fourth-order valence-electron chi connectivity index (χ4n) is 1.89. The molecule has 0 bridgehead atoms. The van der Waals surface area contributed by atoms with Crippen LogP contribution >= 0.6 is 0 Å². The maximum absolute atomic E-state index is 13.9. The predicted octanol–water partition coefficient (Wildman–Crippen LogP) is 2.72. The Morgan fingerprint density at radius 1 is 1.23 bits per heavy atom. The minimum atomic E-state index is -4.83. The number of Topliss-reactive ketones (excluding diaryl/α,β-unsaturated/α-hetero) is 1. The van der Waals surface area contributed by atoms with E-state index >= 15 is 0 Å². The van der Waals surface area contributed by atoms with Gasteiger partial charge in [-0.3, -0.25) is 9.79 Å². The number of alkyl halides is 4. The Bertz CT molecular complexity index is 651. The third-order valence-corrected chi connectivity index (χ3v) is 3.21. The van der Waals surface area contributed by atoms with Crippen molar-refractivity contribution in [3.05, 3.63) is 29.8 Å². The minimum absolute atomic E-state index is 0.120. The van der Waals surface area contributed by atoms with Crippen LogP contribution in [0, 0.1) is 0 Å². The van der Waals surface area contributed by atoms with Crippen LogP contribution in [-0.2, 0) is 4.79 Å². The number of anilines is 1. The molecule has 0 radical (unpaired) electrons. The number of hydrogen-bond donors (Lipinski definition) is 1. The normalized spacial score (nSPS) is 15.5. The van der Waals surface area contributed by atoms with E-state index in [0.29, 0.717) is 11.3 Å². The zero-order chi connectivity index (χ0) is 16.5. The van der Waals surface area contributed by atoms with E-state index in [1.54, 1.807) is 0 Å². The minimum Gasteiger partial charge on any atom is -0.399 e. The number of amidine groups is 1. The number of nitrogens with zero attached hydrogens (tertiary/aromatic N) is 2. The third kappa shape index (κ3) is 2.60. The molecule has 0 fully saturated rings. The van der Waals surface area contributed by atoms with Gasteiger partial charge in [0, 0.05) is 12.1 Å². The summed E-state index contributed by atoms with van der Waals surface area (Å²) in [5.74, 6) is -12.8. The van der Waals surface area contributed by atoms with Gasteiger partial charge in [-0.25, -0.2) is 4.99 Å². The van der Waals surface area contributed by atoms with E-state index in [1.165, 1.54) is 24.3 Å². The molecular formula is C14H13F4N3O. The maximum atomic E-state index is 13.9. The second kappa shape index (κ2) is 5.51. The van der Waals surface area contributed by atoms with E-state index < -0.39 is 29.9 Å². The molecule has 1 aliphatic rings. The molecule has 22 heavy (non-hydrogen) atoms. The molecule has 2 N–H and O–H groups in total. The van der Waals surface area contributed by atoms with Crippen molar-refractivity contribution in [1.82, 2.24) is 0 Å². The van der Waals surface area contributed by atoms with E-state index in [4.69, 9.17) is 5.73 Å². The summed E-state index contributed by atoms with van der Waals surface area (Å²) in [5, 5.41) is 0. The Morgan fingerprint density at radius 2 is 1.82 bits per heavy atom. The van der Waals surface area contributed by atoms with E-state index in [-0.39, 0.29) is 12.3 Å². The fourth-order valence-corrected chi connectivity index (χ4v) is 1.89. The molecule has 0 saturated carbocycles. The molecule has 0 aliphatic carbocycles. The van der Waals surface area contributed by atoms with Crippen molar-refractivity contribution < 1.29 is 22.4 Å². The van der Waals surface area contributed by atoms with Crippen molar-refractivity contribution in [2.24, 2.45) is 9.98 Å². The summed E-state index contributed by atoms with van der Waals surface area (Å²) in [6.45, 7) is 0.830. The second-order valence-electron chi connectivity index (χ2n) is 4.75. The Labute approximate surface area is 123 Å². The van der Waals surface area contributed by atoms with Crippen molar-refractivity contribution in [1.29, 1.82) is 0 Å². The van der Waals surface area contributed by atoms with Crippen LogP contribution in [0.5, 0.6) is 0 Å². The zero-order valence-corrected chi connectivity index (χ0v) is 11.6. The first-order chi connectivity index (χ1) is 10.2. The monoisotopic (exact) mass is 315 g/mol. The van der Waals surface area contributed by atoms with Crippen LogP contribution in [0.1, 0.15) is 18.9 Å². The van der Waals surface area contributed by atoms with E-state index in [2.05, 4.69) is 9.98 Å². The lowest BCUT2D eigenvalue weighted by atomic mass is 10.0. The van der Waals surface area contributed by atoms with Gasteiger partial charge in [-0.2, -0.15) is 17.6 Å². The molecule has 1 aliphatic heterocycles. The smallest absolute Gasteiger partial charge is 0.375 e. The van der Waals surface area contributed by atoms with Crippen molar-refractivity contribution >= 4 is 23.0 Å². The molecule has 4 nitrogen and oxygen atoms in total. The summed E-state index contributed by atoms with van der Waals surface area (Å²) in [6.07, 6.45) is -0.704. The molecule has 0 unspecified atom stereocenters. The Kier molecular flexibility index (Phi) is 4.04. The molecule has 1 aromatic carbocycles. The highest BCUT2D eigenvalue weighted by molar-refractivity contribution is 6.15. The van der Waals surface area contributed by atoms with E-state index in [1.807, 2.05) is 0 Å². The molecule has 2 rings (SSSR count). The number of aliphatic imine (C=N–C) groups is 2. The summed E-state index contributed by atoms with van der Waals surface area (Å²) in [5.41, 5.74) is 6.54. The van der Waals surface area contributed by atoms with Gasteiger partial charge in [-0.15, -0.1) is 0 Å². The van der Waals surface area contributed by atoms with Crippen LogP contribution in [0.2, 0.25) is 0 Å². The van der Waals surface area contributed by atoms with Crippen molar-refractivity contribution in [2.45, 2.75) is 25.2 Å². The molecule has 1 heterocycles. The molecule has 0 saturated heterocycles. The SMILES string of the molecule is CCC(=O)C(F)(F)C(F)(F)C1=NCC(c2ccc(N)cc2)=N1. The summed E-state index contributed by atoms with van der Waals surface area (Å²) < 4.78 is 54.9. The zero-order valence-electron chi connectivity index (χ0n) is 11.6. The lowest BCUT2D eigenvalue weighted by Gasteiger charge is -2.23. The molecule has 0 spiro atoms. The highest BCUT2D eigenvalue weighted by atomic mass is 19.3. The summed E-state index contributed by atoms with van der Waals surface area (Å²) >= 11 is 0. The maximum Gasteiger partial charge on any atom is 0.375 e. The Balaban J connectivity index is 2.30. The highest BCUT2D eigenvalue weighted by Gasteiger charge is 2.64. The average molecular weight is 315 g/mol. The van der Waals surface area contributed by atoms with Gasteiger partial charge in [-0.1, -0.05) is 19.1 Å². The van der Waals surface area contributed by atoms with Gasteiger partial charge in [0.15, 0.2) is 0 Å². The molecule has 1 aromatic rings. The van der Waals surface area contributed by atoms with Crippen LogP contribution in [0.25, 0.3) is 0 Å². The third-order valence-electron chi connectivity index (χ3n) is 3.21. The van der Waals surface area contributed by atoms with Crippen LogP contribution < -0.4 is 5.73 Å². The highest BCUT2D eigenvalue weighted by Crippen LogP contribution is 2.38. The summed E-state index contributed by atoms with van der Waals surface area (Å²) in [4.78, 5) is 17.9. The Hall–Kier alpha value is -2.25. The largest absolute Gasteiger partial charge is 0.399 e. The quantitative estimate of drug-likeness (QED) is 0.670. The first kappa shape index (κ1) is 16.1. The van der Waals surface area contributed by atoms with Crippen LogP contribution in [0.3, 0.4) is 0 Å². The van der Waals surface area contributed by atoms with Crippen molar-refractivity contribution in [3.8, 4) is 0 Å². The number of carbonyl (C=O) groups is 1. The summed E-state index contributed by atoms with van der Waals surface area (Å²) in [6, 6.07) is 6.12. The van der Waals surface area contributed by atoms with Gasteiger partial charge < -0.3 is 5.73 Å². The number of rotatable bonds is 5. The molecule has 0 aromatic heterocycles. The number of benzene rings is 1. The first-order valence-electron chi connectivity index (χ1n) is 6.47. The second-order valence-corrected chi connectivity index (χ2v) is 4.75. The van der Waals surface area contributed by atoms with Gasteiger partial charge in [0.05, 0.1) is 12.3 Å². The number of nitrogen functional groups attached to an aromatic ring is 1. The van der Waals surface area contributed by atoms with Gasteiger partial charge in [0.25, 0.3) is 0 Å².